The summed E-state index contributed by atoms with van der Waals surface area (Å²) in [7, 11) is -3.71. The molecule has 0 aliphatic carbocycles. The largest absolute Gasteiger partial charge is 0.395 e. The van der Waals surface area contributed by atoms with Gasteiger partial charge < -0.3 is 15.2 Å². The van der Waals surface area contributed by atoms with Crippen LogP contribution in [0.1, 0.15) is 18.7 Å². The number of hydrogen-bond acceptors (Lipinski definition) is 7. The third-order valence-electron chi connectivity index (χ3n) is 3.75. The first-order valence-electron chi connectivity index (χ1n) is 7.17. The summed E-state index contributed by atoms with van der Waals surface area (Å²) in [5, 5.41) is 12.7. The summed E-state index contributed by atoms with van der Waals surface area (Å²) in [5.41, 5.74) is 0.743. The Labute approximate surface area is 138 Å². The first kappa shape index (κ1) is 16.6. The fourth-order valence-electron chi connectivity index (χ4n) is 2.68. The van der Waals surface area contributed by atoms with Gasteiger partial charge in [-0.05, 0) is 24.6 Å². The Morgan fingerprint density at radius 1 is 1.52 bits per heavy atom. The molecule has 0 spiro atoms. The van der Waals surface area contributed by atoms with Crippen molar-refractivity contribution in [2.24, 2.45) is 0 Å². The highest BCUT2D eigenvalue weighted by molar-refractivity contribution is 7.90. The van der Waals surface area contributed by atoms with Gasteiger partial charge in [-0.15, -0.1) is 0 Å². The SMILES string of the molecule is CC1NCCO[C@H]1c1nc(Cl)nc2c1ccn2S(=O)(=O)CCO. The van der Waals surface area contributed by atoms with Crippen LogP contribution in [0.5, 0.6) is 0 Å². The average molecular weight is 361 g/mol. The number of halogens is 1. The van der Waals surface area contributed by atoms with Crippen LogP contribution in [0.25, 0.3) is 11.0 Å². The van der Waals surface area contributed by atoms with Gasteiger partial charge in [0.15, 0.2) is 5.65 Å². The van der Waals surface area contributed by atoms with E-state index in [0.29, 0.717) is 17.7 Å². The van der Waals surface area contributed by atoms with E-state index in [1.807, 2.05) is 6.92 Å². The number of nitrogens with zero attached hydrogens (tertiary/aromatic N) is 3. The normalized spacial score (nSPS) is 22.6. The molecule has 0 saturated carbocycles. The Hall–Kier alpha value is -1.26. The lowest BCUT2D eigenvalue weighted by Gasteiger charge is -2.30. The highest BCUT2D eigenvalue weighted by Gasteiger charge is 2.29. The summed E-state index contributed by atoms with van der Waals surface area (Å²) in [6.45, 7) is 2.76. The van der Waals surface area contributed by atoms with Crippen molar-refractivity contribution < 1.29 is 18.3 Å². The molecule has 2 aromatic heterocycles. The maximum atomic E-state index is 12.2. The molecule has 1 aliphatic heterocycles. The predicted molar refractivity (Wildman–Crippen MR) is 85.0 cm³/mol. The Balaban J connectivity index is 2.16. The van der Waals surface area contributed by atoms with Gasteiger partial charge in [0.2, 0.25) is 15.3 Å². The van der Waals surface area contributed by atoms with Crippen LogP contribution in [0.4, 0.5) is 0 Å². The number of nitrogens with one attached hydrogen (secondary N) is 1. The Bertz CT molecular complexity index is 823. The topological polar surface area (TPSA) is 106 Å². The van der Waals surface area contributed by atoms with E-state index in [2.05, 4.69) is 15.3 Å². The molecule has 1 unspecified atom stereocenters. The van der Waals surface area contributed by atoms with Crippen molar-refractivity contribution in [3.05, 3.63) is 23.2 Å². The van der Waals surface area contributed by atoms with Crippen molar-refractivity contribution in [3.63, 3.8) is 0 Å². The fraction of sp³-hybridized carbons (Fsp3) is 0.538. The number of rotatable bonds is 4. The molecule has 10 heteroatoms. The van der Waals surface area contributed by atoms with Crippen LogP contribution in [-0.4, -0.2) is 59.0 Å². The molecule has 1 fully saturated rings. The number of aliphatic hydroxyl groups is 1. The van der Waals surface area contributed by atoms with Crippen LogP contribution in [0, 0.1) is 0 Å². The minimum absolute atomic E-state index is 0.00955. The zero-order valence-corrected chi connectivity index (χ0v) is 14.0. The fourth-order valence-corrected chi connectivity index (χ4v) is 3.93. The highest BCUT2D eigenvalue weighted by Crippen LogP contribution is 2.30. The number of hydrogen-bond donors (Lipinski definition) is 2. The quantitative estimate of drug-likeness (QED) is 0.755. The molecule has 2 aromatic rings. The van der Waals surface area contributed by atoms with Gasteiger partial charge in [-0.3, -0.25) is 0 Å². The van der Waals surface area contributed by atoms with E-state index in [-0.39, 0.29) is 23.1 Å². The third-order valence-corrected chi connectivity index (χ3v) is 5.51. The van der Waals surface area contributed by atoms with Gasteiger partial charge in [0.25, 0.3) is 0 Å². The van der Waals surface area contributed by atoms with Crippen LogP contribution in [-0.2, 0) is 14.8 Å². The summed E-state index contributed by atoms with van der Waals surface area (Å²) in [4.78, 5) is 8.29. The maximum Gasteiger partial charge on any atom is 0.242 e. The van der Waals surface area contributed by atoms with Gasteiger partial charge in [-0.25, -0.2) is 17.4 Å². The van der Waals surface area contributed by atoms with Crippen molar-refractivity contribution in [3.8, 4) is 0 Å². The average Bonchev–Trinajstić information content (AvgIpc) is 2.91. The first-order valence-corrected chi connectivity index (χ1v) is 9.16. The molecule has 8 nitrogen and oxygen atoms in total. The number of fused-ring (bicyclic) bond motifs is 1. The van der Waals surface area contributed by atoms with E-state index in [1.54, 1.807) is 6.07 Å². The summed E-state index contributed by atoms with van der Waals surface area (Å²) in [6, 6.07) is 1.64. The molecule has 1 aliphatic rings. The standard InChI is InChI=1S/C13H17ClN4O4S/c1-8-11(22-6-3-15-8)10-9-2-4-18(23(20,21)7-5-19)12(9)17-13(14)16-10/h2,4,8,11,15,19H,3,5-7H2,1H3/t8?,11-/m1/s1. The van der Waals surface area contributed by atoms with Crippen molar-refractivity contribution in [1.82, 2.24) is 19.3 Å². The van der Waals surface area contributed by atoms with E-state index in [4.69, 9.17) is 21.4 Å². The van der Waals surface area contributed by atoms with Crippen LogP contribution in [0.15, 0.2) is 12.3 Å². The van der Waals surface area contributed by atoms with Gasteiger partial charge in [-0.2, -0.15) is 4.98 Å². The minimum atomic E-state index is -3.71. The third kappa shape index (κ3) is 3.07. The lowest BCUT2D eigenvalue weighted by atomic mass is 10.1. The molecule has 0 aromatic carbocycles. The van der Waals surface area contributed by atoms with Gasteiger partial charge in [0, 0.05) is 24.2 Å². The van der Waals surface area contributed by atoms with Gasteiger partial charge in [0.1, 0.15) is 6.10 Å². The van der Waals surface area contributed by atoms with Crippen LogP contribution >= 0.6 is 11.6 Å². The Morgan fingerprint density at radius 3 is 3.00 bits per heavy atom. The summed E-state index contributed by atoms with van der Waals surface area (Å²) in [6.07, 6.45) is 1.05. The lowest BCUT2D eigenvalue weighted by Crippen LogP contribution is -2.41. The number of aliphatic hydroxyl groups excluding tert-OH is 1. The second-order valence-corrected chi connectivity index (χ2v) is 7.60. The van der Waals surface area contributed by atoms with Crippen molar-refractivity contribution in [2.45, 2.75) is 19.1 Å². The smallest absolute Gasteiger partial charge is 0.242 e. The molecule has 1 saturated heterocycles. The second kappa shape index (κ2) is 6.33. The zero-order valence-electron chi connectivity index (χ0n) is 12.4. The number of ether oxygens (including phenoxy) is 1. The van der Waals surface area contributed by atoms with Crippen molar-refractivity contribution >= 4 is 32.7 Å². The molecule has 23 heavy (non-hydrogen) atoms. The van der Waals surface area contributed by atoms with E-state index < -0.39 is 22.4 Å². The predicted octanol–water partition coefficient (Wildman–Crippen LogP) is 0.304. The minimum Gasteiger partial charge on any atom is -0.395 e. The molecule has 0 amide bonds. The Kier molecular flexibility index (Phi) is 4.56. The monoisotopic (exact) mass is 360 g/mol. The van der Waals surface area contributed by atoms with Crippen LogP contribution in [0.3, 0.4) is 0 Å². The molecular weight excluding hydrogens is 344 g/mol. The first-order chi connectivity index (χ1) is 10.9. The van der Waals surface area contributed by atoms with E-state index in [0.717, 1.165) is 10.5 Å². The summed E-state index contributed by atoms with van der Waals surface area (Å²) in [5.74, 6) is -0.397. The van der Waals surface area contributed by atoms with Gasteiger partial charge >= 0.3 is 0 Å². The molecule has 3 heterocycles. The van der Waals surface area contributed by atoms with Gasteiger partial charge in [0.05, 0.1) is 24.7 Å². The molecular formula is C13H17ClN4O4S. The zero-order chi connectivity index (χ0) is 16.6. The molecule has 3 rings (SSSR count). The maximum absolute atomic E-state index is 12.2. The molecule has 126 valence electrons. The van der Waals surface area contributed by atoms with Crippen molar-refractivity contribution in [1.29, 1.82) is 0 Å². The number of morpholine rings is 1. The lowest BCUT2D eigenvalue weighted by molar-refractivity contribution is -0.00188. The second-order valence-electron chi connectivity index (χ2n) is 5.30. The number of aromatic nitrogens is 3. The van der Waals surface area contributed by atoms with Crippen molar-refractivity contribution in [2.75, 3.05) is 25.5 Å². The van der Waals surface area contributed by atoms with Gasteiger partial charge in [-0.1, -0.05) is 0 Å². The van der Waals surface area contributed by atoms with E-state index >= 15 is 0 Å². The highest BCUT2D eigenvalue weighted by atomic mass is 35.5. The van der Waals surface area contributed by atoms with Crippen LogP contribution in [0.2, 0.25) is 5.28 Å². The molecule has 0 radical (unpaired) electrons. The van der Waals surface area contributed by atoms with Crippen LogP contribution < -0.4 is 5.32 Å². The Morgan fingerprint density at radius 2 is 2.30 bits per heavy atom. The van der Waals surface area contributed by atoms with E-state index in [9.17, 15) is 8.42 Å². The summed E-state index contributed by atoms with van der Waals surface area (Å²) < 4.78 is 31.2. The molecule has 2 N–H and O–H groups in total. The molecule has 2 atom stereocenters. The summed E-state index contributed by atoms with van der Waals surface area (Å²) >= 11 is 5.99. The van der Waals surface area contributed by atoms with E-state index in [1.165, 1.54) is 6.20 Å². The molecule has 0 bridgehead atoms.